The summed E-state index contributed by atoms with van der Waals surface area (Å²) in [5.41, 5.74) is 3.52. The van der Waals surface area contributed by atoms with Crippen LogP contribution >= 0.6 is 0 Å². The Labute approximate surface area is 166 Å². The van der Waals surface area contributed by atoms with Crippen LogP contribution in [0.4, 0.5) is 10.5 Å². The fourth-order valence-electron chi connectivity index (χ4n) is 4.36. The van der Waals surface area contributed by atoms with E-state index in [0.29, 0.717) is 17.6 Å². The highest BCUT2D eigenvalue weighted by molar-refractivity contribution is 5.95. The van der Waals surface area contributed by atoms with Gasteiger partial charge in [0.05, 0.1) is 0 Å². The molecule has 2 aliphatic heterocycles. The summed E-state index contributed by atoms with van der Waals surface area (Å²) in [4.78, 5) is 28.7. The van der Waals surface area contributed by atoms with Gasteiger partial charge in [0.15, 0.2) is 5.78 Å². The summed E-state index contributed by atoms with van der Waals surface area (Å²) in [7, 11) is 2.18. The van der Waals surface area contributed by atoms with Crippen molar-refractivity contribution in [1.29, 1.82) is 0 Å². The van der Waals surface area contributed by atoms with Gasteiger partial charge in [-0.15, -0.1) is 0 Å². The van der Waals surface area contributed by atoms with Gasteiger partial charge in [-0.25, -0.2) is 4.79 Å². The number of carbonyl (C=O) groups is 2. The number of likely N-dealkylation sites (tertiary alicyclic amines) is 1. The van der Waals surface area contributed by atoms with E-state index in [1.165, 1.54) is 12.8 Å². The zero-order valence-electron chi connectivity index (χ0n) is 16.5. The van der Waals surface area contributed by atoms with Crippen LogP contribution in [0.25, 0.3) is 11.1 Å². The number of rotatable bonds is 3. The minimum absolute atomic E-state index is 0.0210. The third kappa shape index (κ3) is 3.80. The Bertz CT molecular complexity index is 878. The molecule has 2 fully saturated rings. The van der Waals surface area contributed by atoms with Crippen molar-refractivity contribution in [3.63, 3.8) is 0 Å². The number of benzene rings is 2. The molecule has 2 heterocycles. The molecule has 0 aliphatic carbocycles. The lowest BCUT2D eigenvalue weighted by Gasteiger charge is -2.26. The number of amides is 2. The van der Waals surface area contributed by atoms with E-state index in [2.05, 4.69) is 17.3 Å². The number of urea groups is 1. The molecule has 4 rings (SSSR count). The van der Waals surface area contributed by atoms with E-state index in [0.717, 1.165) is 36.3 Å². The molecule has 2 bridgehead atoms. The summed E-state index contributed by atoms with van der Waals surface area (Å²) >= 11 is 0. The summed E-state index contributed by atoms with van der Waals surface area (Å²) in [5.74, 6) is 0.0579. The van der Waals surface area contributed by atoms with Crippen molar-refractivity contribution in [3.05, 3.63) is 54.1 Å². The predicted octanol–water partition coefficient (Wildman–Crippen LogP) is 4.26. The van der Waals surface area contributed by atoms with Crippen molar-refractivity contribution in [3.8, 4) is 11.1 Å². The van der Waals surface area contributed by atoms with E-state index in [1.54, 1.807) is 6.92 Å². The van der Waals surface area contributed by atoms with E-state index < -0.39 is 0 Å². The van der Waals surface area contributed by atoms with Gasteiger partial charge < -0.3 is 10.2 Å². The fourth-order valence-corrected chi connectivity index (χ4v) is 4.36. The van der Waals surface area contributed by atoms with Gasteiger partial charge in [0.25, 0.3) is 0 Å². The van der Waals surface area contributed by atoms with Crippen LogP contribution in [0.1, 0.15) is 36.5 Å². The monoisotopic (exact) mass is 377 g/mol. The van der Waals surface area contributed by atoms with Crippen LogP contribution in [0, 0.1) is 0 Å². The molecule has 2 aromatic rings. The largest absolute Gasteiger partial charge is 0.323 e. The molecule has 2 amide bonds. The number of nitrogens with one attached hydrogen (secondary N) is 1. The van der Waals surface area contributed by atoms with Gasteiger partial charge in [-0.1, -0.05) is 30.3 Å². The molecule has 5 nitrogen and oxygen atoms in total. The molecular weight excluding hydrogens is 350 g/mol. The molecule has 28 heavy (non-hydrogen) atoms. The molecule has 0 spiro atoms. The number of carbonyl (C=O) groups excluding carboxylic acids is 2. The van der Waals surface area contributed by atoms with Gasteiger partial charge in [-0.05, 0) is 62.6 Å². The Morgan fingerprint density at radius 1 is 0.964 bits per heavy atom. The molecule has 0 aromatic heterocycles. The van der Waals surface area contributed by atoms with Gasteiger partial charge in [0.2, 0.25) is 0 Å². The van der Waals surface area contributed by atoms with Crippen molar-refractivity contribution in [2.24, 2.45) is 0 Å². The van der Waals surface area contributed by atoms with E-state index in [4.69, 9.17) is 0 Å². The van der Waals surface area contributed by atoms with Crippen LogP contribution in [0.2, 0.25) is 0 Å². The van der Waals surface area contributed by atoms with Gasteiger partial charge in [-0.2, -0.15) is 0 Å². The number of hydrogen-bond acceptors (Lipinski definition) is 3. The highest BCUT2D eigenvalue weighted by Crippen LogP contribution is 2.29. The molecular formula is C23H27N3O2. The van der Waals surface area contributed by atoms with Crippen molar-refractivity contribution in [2.75, 3.05) is 25.5 Å². The minimum atomic E-state index is -0.0210. The maximum absolute atomic E-state index is 12.7. The molecule has 2 aliphatic rings. The van der Waals surface area contributed by atoms with Crippen LogP contribution in [-0.2, 0) is 0 Å². The van der Waals surface area contributed by atoms with Crippen LogP contribution in [0.5, 0.6) is 0 Å². The molecule has 2 atom stereocenters. The zero-order chi connectivity index (χ0) is 19.7. The lowest BCUT2D eigenvalue weighted by molar-refractivity contribution is 0.101. The molecule has 0 saturated carbocycles. The molecule has 5 heteroatoms. The second-order valence-electron chi connectivity index (χ2n) is 7.93. The number of likely N-dealkylation sites (N-methyl/N-ethyl adjacent to an activating group) is 1. The summed E-state index contributed by atoms with van der Waals surface area (Å²) in [5, 5.41) is 3.04. The Hall–Kier alpha value is -2.66. The summed E-state index contributed by atoms with van der Waals surface area (Å²) < 4.78 is 0. The first-order valence-corrected chi connectivity index (χ1v) is 10.0. The first-order chi connectivity index (χ1) is 13.5. The Morgan fingerprint density at radius 3 is 2.46 bits per heavy atom. The average Bonchev–Trinajstić information content (AvgIpc) is 2.94. The highest BCUT2D eigenvalue weighted by atomic mass is 16.2. The first kappa shape index (κ1) is 18.7. The van der Waals surface area contributed by atoms with Crippen LogP contribution < -0.4 is 5.32 Å². The van der Waals surface area contributed by atoms with Gasteiger partial charge >= 0.3 is 6.03 Å². The van der Waals surface area contributed by atoms with Crippen molar-refractivity contribution >= 4 is 17.5 Å². The number of ketones is 1. The summed E-state index contributed by atoms with van der Waals surface area (Å²) in [6, 6.07) is 16.5. The molecule has 1 N–H and O–H groups in total. The van der Waals surface area contributed by atoms with Crippen molar-refractivity contribution in [1.82, 2.24) is 9.80 Å². The second kappa shape index (κ2) is 7.76. The topological polar surface area (TPSA) is 52.7 Å². The van der Waals surface area contributed by atoms with Gasteiger partial charge in [-0.3, -0.25) is 9.69 Å². The Balaban J connectivity index is 1.42. The Kier molecular flexibility index (Phi) is 5.18. The third-order valence-electron chi connectivity index (χ3n) is 6.17. The zero-order valence-corrected chi connectivity index (χ0v) is 16.5. The number of fused-ring (bicyclic) bond motifs is 2. The number of Topliss-reactive ketones (excluding diaryl/α,β-unsaturated/α-hetero) is 1. The number of nitrogens with zero attached hydrogens (tertiary/aromatic N) is 2. The average molecular weight is 377 g/mol. The normalized spacial score (nSPS) is 22.0. The summed E-state index contributed by atoms with van der Waals surface area (Å²) in [6.45, 7) is 3.19. The lowest BCUT2D eigenvalue weighted by atomic mass is 10.0. The Morgan fingerprint density at radius 2 is 1.71 bits per heavy atom. The highest BCUT2D eigenvalue weighted by Gasteiger charge is 2.35. The molecule has 0 unspecified atom stereocenters. The van der Waals surface area contributed by atoms with Crippen LogP contribution in [0.15, 0.2) is 48.5 Å². The molecule has 146 valence electrons. The van der Waals surface area contributed by atoms with Crippen LogP contribution in [0.3, 0.4) is 0 Å². The first-order valence-electron chi connectivity index (χ1n) is 10.0. The number of hydrogen-bond donors (Lipinski definition) is 1. The van der Waals surface area contributed by atoms with E-state index in [9.17, 15) is 9.59 Å². The van der Waals surface area contributed by atoms with Crippen molar-refractivity contribution < 1.29 is 9.59 Å². The summed E-state index contributed by atoms with van der Waals surface area (Å²) in [6.07, 6.45) is 3.48. The van der Waals surface area contributed by atoms with E-state index in [1.807, 2.05) is 53.4 Å². The molecule has 2 saturated heterocycles. The second-order valence-corrected chi connectivity index (χ2v) is 7.93. The number of anilines is 1. The van der Waals surface area contributed by atoms with Crippen molar-refractivity contribution in [2.45, 2.75) is 38.3 Å². The SMILES string of the molecule is CC(=O)c1cccc(-c2ccc(NC(=O)N3CC[C@@H]4CC[C@H](C3)N4C)cc2)c1. The maximum atomic E-state index is 12.7. The van der Waals surface area contributed by atoms with Gasteiger partial charge in [0.1, 0.15) is 0 Å². The predicted molar refractivity (Wildman–Crippen MR) is 112 cm³/mol. The van der Waals surface area contributed by atoms with E-state index in [-0.39, 0.29) is 11.8 Å². The third-order valence-corrected chi connectivity index (χ3v) is 6.17. The lowest BCUT2D eigenvalue weighted by Crippen LogP contribution is -2.41. The standard InChI is InChI=1S/C23H27N3O2/c1-16(27)18-4-3-5-19(14-18)17-6-8-20(9-7-17)24-23(28)26-13-12-21-10-11-22(15-26)25(21)2/h3-9,14,21-22H,10-13,15H2,1-2H3,(H,24,28)/t21-,22+/m0/s1. The maximum Gasteiger partial charge on any atom is 0.321 e. The molecule has 2 aromatic carbocycles. The van der Waals surface area contributed by atoms with E-state index >= 15 is 0 Å². The fraction of sp³-hybridized carbons (Fsp3) is 0.391. The van der Waals surface area contributed by atoms with Gasteiger partial charge in [0, 0.05) is 36.4 Å². The smallest absolute Gasteiger partial charge is 0.321 e. The van der Waals surface area contributed by atoms with Crippen LogP contribution in [-0.4, -0.2) is 53.8 Å². The minimum Gasteiger partial charge on any atom is -0.323 e. The molecule has 0 radical (unpaired) electrons. The quantitative estimate of drug-likeness (QED) is 0.814.